The lowest BCUT2D eigenvalue weighted by Crippen LogP contribution is -2.15. The monoisotopic (exact) mass is 399 g/mol. The third-order valence-electron chi connectivity index (χ3n) is 4.04. The predicted molar refractivity (Wildman–Crippen MR) is 110 cm³/mol. The van der Waals surface area contributed by atoms with E-state index in [9.17, 15) is 9.18 Å². The van der Waals surface area contributed by atoms with Gasteiger partial charge in [-0.25, -0.2) is 4.39 Å². The van der Waals surface area contributed by atoms with E-state index in [0.29, 0.717) is 18.2 Å². The number of aromatic nitrogens is 3. The van der Waals surface area contributed by atoms with Crippen molar-refractivity contribution in [2.75, 3.05) is 16.4 Å². The number of hydrogen-bond acceptors (Lipinski definition) is 5. The molecule has 0 spiro atoms. The molecule has 0 saturated carbocycles. The van der Waals surface area contributed by atoms with Crippen molar-refractivity contribution in [3.63, 3.8) is 0 Å². The molecule has 146 valence electrons. The Bertz CT molecular complexity index is 942. The van der Waals surface area contributed by atoms with E-state index < -0.39 is 0 Å². The molecule has 0 atom stereocenters. The van der Waals surface area contributed by atoms with Gasteiger partial charge in [0.05, 0.1) is 12.3 Å². The van der Waals surface area contributed by atoms with E-state index in [-0.39, 0.29) is 17.5 Å². The molecule has 8 heteroatoms. The van der Waals surface area contributed by atoms with Crippen molar-refractivity contribution in [1.29, 1.82) is 0 Å². The van der Waals surface area contributed by atoms with Crippen molar-refractivity contribution in [2.24, 2.45) is 0 Å². The molecule has 28 heavy (non-hydrogen) atoms. The molecule has 3 aromatic rings. The quantitative estimate of drug-likeness (QED) is 0.558. The van der Waals surface area contributed by atoms with Crippen molar-refractivity contribution in [1.82, 2.24) is 14.8 Å². The molecule has 0 bridgehead atoms. The van der Waals surface area contributed by atoms with Gasteiger partial charge in [-0.05, 0) is 55.8 Å². The Kier molecular flexibility index (Phi) is 6.65. The largest absolute Gasteiger partial charge is 0.378 e. The number of rotatable bonds is 8. The van der Waals surface area contributed by atoms with Gasteiger partial charge in [-0.1, -0.05) is 23.9 Å². The molecular weight excluding hydrogens is 377 g/mol. The molecule has 0 radical (unpaired) electrons. The van der Waals surface area contributed by atoms with Gasteiger partial charge in [0.1, 0.15) is 5.82 Å². The highest BCUT2D eigenvalue weighted by molar-refractivity contribution is 7.99. The van der Waals surface area contributed by atoms with E-state index in [4.69, 9.17) is 0 Å². The summed E-state index contributed by atoms with van der Waals surface area (Å²) in [7, 11) is 0. The second-order valence-electron chi connectivity index (χ2n) is 6.21. The first-order valence-electron chi connectivity index (χ1n) is 8.96. The zero-order chi connectivity index (χ0) is 19.9. The molecule has 0 aliphatic heterocycles. The predicted octanol–water partition coefficient (Wildman–Crippen LogP) is 4.09. The minimum absolute atomic E-state index is 0.0905. The number of carbonyl (C=O) groups is 1. The average Bonchev–Trinajstić information content (AvgIpc) is 3.08. The SMILES string of the molecule is CCn1c(CNc2ccc(F)cc2)nnc1SCC(=O)Nc1cccc(C)c1. The molecule has 1 aromatic heterocycles. The molecule has 0 fully saturated rings. The van der Waals surface area contributed by atoms with Crippen LogP contribution in [0.1, 0.15) is 18.3 Å². The third-order valence-corrected chi connectivity index (χ3v) is 5.01. The van der Waals surface area contributed by atoms with Crippen LogP contribution in [0.2, 0.25) is 0 Å². The molecular formula is C20H22FN5OS. The van der Waals surface area contributed by atoms with E-state index in [1.807, 2.05) is 42.7 Å². The fourth-order valence-electron chi connectivity index (χ4n) is 2.67. The van der Waals surface area contributed by atoms with Gasteiger partial charge in [0.2, 0.25) is 5.91 Å². The van der Waals surface area contributed by atoms with Crippen LogP contribution in [0, 0.1) is 12.7 Å². The van der Waals surface area contributed by atoms with E-state index in [1.54, 1.807) is 12.1 Å². The van der Waals surface area contributed by atoms with Crippen LogP contribution >= 0.6 is 11.8 Å². The smallest absolute Gasteiger partial charge is 0.234 e. The molecule has 0 aliphatic carbocycles. The number of hydrogen-bond donors (Lipinski definition) is 2. The Labute approximate surface area is 167 Å². The zero-order valence-corrected chi connectivity index (χ0v) is 16.6. The van der Waals surface area contributed by atoms with E-state index >= 15 is 0 Å². The molecule has 6 nitrogen and oxygen atoms in total. The highest BCUT2D eigenvalue weighted by Crippen LogP contribution is 2.19. The molecule has 2 N–H and O–H groups in total. The second kappa shape index (κ2) is 9.36. The maximum Gasteiger partial charge on any atom is 0.234 e. The van der Waals surface area contributed by atoms with Gasteiger partial charge in [0.15, 0.2) is 11.0 Å². The number of thioether (sulfide) groups is 1. The fraction of sp³-hybridized carbons (Fsp3) is 0.250. The highest BCUT2D eigenvalue weighted by Gasteiger charge is 2.13. The van der Waals surface area contributed by atoms with Crippen LogP contribution in [0.25, 0.3) is 0 Å². The second-order valence-corrected chi connectivity index (χ2v) is 7.15. The fourth-order valence-corrected chi connectivity index (χ4v) is 3.49. The van der Waals surface area contributed by atoms with Gasteiger partial charge in [0, 0.05) is 17.9 Å². The zero-order valence-electron chi connectivity index (χ0n) is 15.8. The molecule has 1 heterocycles. The van der Waals surface area contributed by atoms with Crippen molar-refractivity contribution >= 4 is 29.0 Å². The van der Waals surface area contributed by atoms with Crippen LogP contribution in [0.4, 0.5) is 15.8 Å². The minimum Gasteiger partial charge on any atom is -0.378 e. The van der Waals surface area contributed by atoms with Gasteiger partial charge < -0.3 is 15.2 Å². The number of carbonyl (C=O) groups excluding carboxylic acids is 1. The van der Waals surface area contributed by atoms with E-state index in [1.165, 1.54) is 23.9 Å². The van der Waals surface area contributed by atoms with Crippen molar-refractivity contribution in [2.45, 2.75) is 32.1 Å². The van der Waals surface area contributed by atoms with Gasteiger partial charge in [0.25, 0.3) is 0 Å². The summed E-state index contributed by atoms with van der Waals surface area (Å²) in [5.41, 5.74) is 2.68. The lowest BCUT2D eigenvalue weighted by molar-refractivity contribution is -0.113. The lowest BCUT2D eigenvalue weighted by Gasteiger charge is -2.09. The Morgan fingerprint density at radius 2 is 1.93 bits per heavy atom. The van der Waals surface area contributed by atoms with Crippen LogP contribution in [-0.4, -0.2) is 26.4 Å². The summed E-state index contributed by atoms with van der Waals surface area (Å²) in [5.74, 6) is 0.642. The molecule has 0 aliphatic rings. The minimum atomic E-state index is -0.273. The third kappa shape index (κ3) is 5.32. The summed E-state index contributed by atoms with van der Waals surface area (Å²) < 4.78 is 14.9. The Morgan fingerprint density at radius 3 is 2.64 bits per heavy atom. The van der Waals surface area contributed by atoms with Crippen molar-refractivity contribution in [3.8, 4) is 0 Å². The number of aryl methyl sites for hydroxylation is 1. The summed E-state index contributed by atoms with van der Waals surface area (Å²) >= 11 is 1.35. The summed E-state index contributed by atoms with van der Waals surface area (Å²) in [6.45, 7) is 5.13. The standard InChI is InChI=1S/C20H22FN5OS/c1-3-26-18(12-22-16-9-7-15(21)8-10-16)24-25-20(26)28-13-19(27)23-17-6-4-5-14(2)11-17/h4-11,22H,3,12-13H2,1-2H3,(H,23,27). The Morgan fingerprint density at radius 1 is 1.14 bits per heavy atom. The molecule has 1 amide bonds. The number of nitrogens with one attached hydrogen (secondary N) is 2. The molecule has 3 rings (SSSR count). The highest BCUT2D eigenvalue weighted by atomic mass is 32.2. The van der Waals surface area contributed by atoms with Crippen LogP contribution in [0.15, 0.2) is 53.7 Å². The van der Waals surface area contributed by atoms with Gasteiger partial charge in [-0.15, -0.1) is 10.2 Å². The number of amides is 1. The maximum atomic E-state index is 13.0. The Hall–Kier alpha value is -2.87. The number of anilines is 2. The van der Waals surface area contributed by atoms with Gasteiger partial charge >= 0.3 is 0 Å². The van der Waals surface area contributed by atoms with Gasteiger partial charge in [-0.2, -0.15) is 0 Å². The van der Waals surface area contributed by atoms with E-state index in [2.05, 4.69) is 20.8 Å². The normalized spacial score (nSPS) is 10.7. The molecule has 0 saturated heterocycles. The molecule has 2 aromatic carbocycles. The number of benzene rings is 2. The van der Waals surface area contributed by atoms with Gasteiger partial charge in [-0.3, -0.25) is 4.79 Å². The first-order valence-corrected chi connectivity index (χ1v) is 9.94. The number of nitrogens with zero attached hydrogens (tertiary/aromatic N) is 3. The summed E-state index contributed by atoms with van der Waals surface area (Å²) in [4.78, 5) is 12.2. The first kappa shape index (κ1) is 19.9. The topological polar surface area (TPSA) is 71.8 Å². The number of halogens is 1. The lowest BCUT2D eigenvalue weighted by atomic mass is 10.2. The summed E-state index contributed by atoms with van der Waals surface area (Å²) in [6.07, 6.45) is 0. The van der Waals surface area contributed by atoms with Crippen LogP contribution < -0.4 is 10.6 Å². The molecule has 0 unspecified atom stereocenters. The van der Waals surface area contributed by atoms with E-state index in [0.717, 1.165) is 22.8 Å². The Balaban J connectivity index is 1.57. The van der Waals surface area contributed by atoms with Crippen LogP contribution in [0.3, 0.4) is 0 Å². The first-order chi connectivity index (χ1) is 13.5. The summed E-state index contributed by atoms with van der Waals surface area (Å²) in [6, 6.07) is 13.8. The summed E-state index contributed by atoms with van der Waals surface area (Å²) in [5, 5.41) is 15.2. The maximum absolute atomic E-state index is 13.0. The van der Waals surface area contributed by atoms with Crippen molar-refractivity contribution in [3.05, 3.63) is 65.7 Å². The van der Waals surface area contributed by atoms with Crippen molar-refractivity contribution < 1.29 is 9.18 Å². The van der Waals surface area contributed by atoms with Crippen LogP contribution in [0.5, 0.6) is 0 Å². The van der Waals surface area contributed by atoms with Crippen LogP contribution in [-0.2, 0) is 17.9 Å². The average molecular weight is 399 g/mol.